The van der Waals surface area contributed by atoms with Gasteiger partial charge in [-0.2, -0.15) is 0 Å². The first kappa shape index (κ1) is 23.8. The number of nitrogens with one attached hydrogen (secondary N) is 1. The molecule has 3 aromatic rings. The van der Waals surface area contributed by atoms with Crippen molar-refractivity contribution < 1.29 is 13.2 Å². The summed E-state index contributed by atoms with van der Waals surface area (Å²) in [6.07, 6.45) is 1.90. The predicted molar refractivity (Wildman–Crippen MR) is 135 cm³/mol. The van der Waals surface area contributed by atoms with Crippen LogP contribution in [0.15, 0.2) is 53.4 Å². The number of sulfonamides is 1. The highest BCUT2D eigenvalue weighted by Crippen LogP contribution is 2.33. The number of carbonyl (C=O) groups excluding carboxylic acids is 1. The molecule has 182 valence electrons. The van der Waals surface area contributed by atoms with Gasteiger partial charge in [0.25, 0.3) is 10.0 Å². The zero-order chi connectivity index (χ0) is 24.7. The average Bonchev–Trinajstić information content (AvgIpc) is 3.27. The lowest BCUT2D eigenvalue weighted by molar-refractivity contribution is -0.132. The Labute approximate surface area is 213 Å². The highest BCUT2D eigenvalue weighted by atomic mass is 35.5. The van der Waals surface area contributed by atoms with Crippen LogP contribution in [0.4, 0.5) is 11.5 Å². The van der Waals surface area contributed by atoms with E-state index in [0.29, 0.717) is 18.1 Å². The zero-order valence-electron chi connectivity index (χ0n) is 18.9. The topological polar surface area (TPSA) is 95.5 Å². The Balaban J connectivity index is 1.31. The molecule has 1 atom stereocenters. The van der Waals surface area contributed by atoms with Gasteiger partial charge < -0.3 is 9.80 Å². The Morgan fingerprint density at radius 3 is 2.57 bits per heavy atom. The van der Waals surface area contributed by atoms with Gasteiger partial charge in [0.1, 0.15) is 6.04 Å². The van der Waals surface area contributed by atoms with Gasteiger partial charge in [0.2, 0.25) is 5.91 Å². The van der Waals surface area contributed by atoms with E-state index in [-0.39, 0.29) is 27.8 Å². The van der Waals surface area contributed by atoms with E-state index in [4.69, 9.17) is 23.2 Å². The third kappa shape index (κ3) is 4.80. The van der Waals surface area contributed by atoms with Gasteiger partial charge in [-0.1, -0.05) is 29.3 Å². The maximum Gasteiger partial charge on any atom is 0.263 e. The molecular weight excluding hydrogens is 509 g/mol. The van der Waals surface area contributed by atoms with E-state index in [0.717, 1.165) is 41.8 Å². The summed E-state index contributed by atoms with van der Waals surface area (Å²) in [4.78, 5) is 17.4. The molecule has 8 nitrogen and oxygen atoms in total. The fourth-order valence-corrected chi connectivity index (χ4v) is 6.00. The van der Waals surface area contributed by atoms with E-state index >= 15 is 0 Å². The van der Waals surface area contributed by atoms with Gasteiger partial charge in [-0.3, -0.25) is 9.52 Å². The standard InChI is InChI=1S/C24H23Cl2N5O3S/c1-15(31-10-2-3-16-11-19(25)5-7-21(16)31)24(32)30-13-17-4-6-20(12-18(17)14-30)35(33,34)29-23-9-8-22(26)27-28-23/h4-9,11-12,15H,2-3,10,13-14H2,1H3,(H,28,29)/t15-/m1/s1. The number of hydrogen-bond donors (Lipinski definition) is 1. The van der Waals surface area contributed by atoms with Crippen molar-refractivity contribution in [1.29, 1.82) is 0 Å². The molecule has 0 saturated heterocycles. The first-order chi connectivity index (χ1) is 16.7. The van der Waals surface area contributed by atoms with Crippen LogP contribution in [0.3, 0.4) is 0 Å². The summed E-state index contributed by atoms with van der Waals surface area (Å²) in [5.41, 5.74) is 3.94. The summed E-state index contributed by atoms with van der Waals surface area (Å²) in [5.74, 6) is 0.0756. The van der Waals surface area contributed by atoms with Gasteiger partial charge in [-0.05, 0) is 78.9 Å². The minimum Gasteiger partial charge on any atom is -0.360 e. The molecule has 2 aliphatic rings. The molecule has 5 rings (SSSR count). The Morgan fingerprint density at radius 1 is 1.00 bits per heavy atom. The molecule has 0 saturated carbocycles. The molecular formula is C24H23Cl2N5O3S. The normalized spacial score (nSPS) is 16.0. The Bertz CT molecular complexity index is 1400. The second kappa shape index (κ2) is 9.29. The quantitative estimate of drug-likeness (QED) is 0.528. The lowest BCUT2D eigenvalue weighted by Gasteiger charge is -2.37. The summed E-state index contributed by atoms with van der Waals surface area (Å²) in [6.45, 7) is 3.51. The van der Waals surface area contributed by atoms with Gasteiger partial charge in [0.05, 0.1) is 4.90 Å². The number of benzene rings is 2. The molecule has 0 fully saturated rings. The number of hydrogen-bond acceptors (Lipinski definition) is 6. The van der Waals surface area contributed by atoms with Crippen molar-refractivity contribution in [3.63, 3.8) is 0 Å². The van der Waals surface area contributed by atoms with E-state index in [9.17, 15) is 13.2 Å². The van der Waals surface area contributed by atoms with Gasteiger partial charge >= 0.3 is 0 Å². The Hall–Kier alpha value is -2.88. The number of carbonyl (C=O) groups is 1. The van der Waals surface area contributed by atoms with Crippen molar-refractivity contribution in [2.24, 2.45) is 0 Å². The first-order valence-electron chi connectivity index (χ1n) is 11.2. The molecule has 1 aromatic heterocycles. The maximum atomic E-state index is 13.4. The van der Waals surface area contributed by atoms with Gasteiger partial charge in [-0.25, -0.2) is 8.42 Å². The molecule has 1 amide bonds. The lowest BCUT2D eigenvalue weighted by atomic mass is 10.00. The number of amides is 1. The van der Waals surface area contributed by atoms with Crippen LogP contribution in [0.5, 0.6) is 0 Å². The predicted octanol–water partition coefficient (Wildman–Crippen LogP) is 4.27. The molecule has 3 heterocycles. The second-order valence-corrected chi connectivity index (χ2v) is 11.2. The highest BCUT2D eigenvalue weighted by Gasteiger charge is 2.32. The van der Waals surface area contributed by atoms with Crippen molar-refractivity contribution >= 4 is 50.6 Å². The summed E-state index contributed by atoms with van der Waals surface area (Å²) in [6, 6.07) is 13.2. The third-order valence-electron chi connectivity index (χ3n) is 6.41. The number of fused-ring (bicyclic) bond motifs is 2. The van der Waals surface area contributed by atoms with Crippen molar-refractivity contribution in [3.8, 4) is 0 Å². The maximum absolute atomic E-state index is 13.4. The molecule has 0 bridgehead atoms. The van der Waals surface area contributed by atoms with Gasteiger partial charge in [0, 0.05) is 30.3 Å². The SMILES string of the molecule is C[C@H](C(=O)N1Cc2ccc(S(=O)(=O)Nc3ccc(Cl)nn3)cc2C1)N1CCCc2cc(Cl)ccc21. The summed E-state index contributed by atoms with van der Waals surface area (Å²) in [7, 11) is -3.87. The summed E-state index contributed by atoms with van der Waals surface area (Å²) >= 11 is 11.9. The zero-order valence-corrected chi connectivity index (χ0v) is 21.2. The summed E-state index contributed by atoms with van der Waals surface area (Å²) < 4.78 is 28.1. The van der Waals surface area contributed by atoms with E-state index in [2.05, 4.69) is 19.8 Å². The number of halogens is 2. The Kier molecular flexibility index (Phi) is 6.33. The van der Waals surface area contributed by atoms with E-state index in [1.807, 2.05) is 25.1 Å². The minimum absolute atomic E-state index is 0.00275. The van der Waals surface area contributed by atoms with Crippen molar-refractivity contribution in [1.82, 2.24) is 15.1 Å². The number of aryl methyl sites for hydroxylation is 1. The van der Waals surface area contributed by atoms with Gasteiger partial charge in [-0.15, -0.1) is 10.2 Å². The lowest BCUT2D eigenvalue weighted by Crippen LogP contribution is -2.47. The first-order valence-corrected chi connectivity index (χ1v) is 13.4. The van der Waals surface area contributed by atoms with Crippen LogP contribution in [-0.2, 0) is 34.3 Å². The van der Waals surface area contributed by atoms with E-state index in [1.54, 1.807) is 17.0 Å². The number of nitrogens with zero attached hydrogens (tertiary/aromatic N) is 4. The summed E-state index contributed by atoms with van der Waals surface area (Å²) in [5, 5.41) is 8.26. The molecule has 1 N–H and O–H groups in total. The highest BCUT2D eigenvalue weighted by molar-refractivity contribution is 7.92. The largest absolute Gasteiger partial charge is 0.360 e. The smallest absolute Gasteiger partial charge is 0.263 e. The monoisotopic (exact) mass is 531 g/mol. The molecule has 0 aliphatic carbocycles. The molecule has 2 aliphatic heterocycles. The van der Waals surface area contributed by atoms with Crippen molar-refractivity contribution in [2.45, 2.75) is 43.8 Å². The number of aromatic nitrogens is 2. The van der Waals surface area contributed by atoms with Crippen LogP contribution in [0.2, 0.25) is 10.2 Å². The molecule has 11 heteroatoms. The molecule has 0 spiro atoms. The average molecular weight is 532 g/mol. The molecule has 0 radical (unpaired) electrons. The van der Waals surface area contributed by atoms with E-state index in [1.165, 1.54) is 18.2 Å². The van der Waals surface area contributed by atoms with Crippen LogP contribution in [-0.4, -0.2) is 42.0 Å². The molecule has 0 unspecified atom stereocenters. The molecule has 2 aromatic carbocycles. The minimum atomic E-state index is -3.87. The van der Waals surface area contributed by atoms with Crippen LogP contribution >= 0.6 is 23.2 Å². The fraction of sp³-hybridized carbons (Fsp3) is 0.292. The number of rotatable bonds is 5. The van der Waals surface area contributed by atoms with Crippen molar-refractivity contribution in [2.75, 3.05) is 16.2 Å². The van der Waals surface area contributed by atoms with E-state index < -0.39 is 10.0 Å². The third-order valence-corrected chi connectivity index (χ3v) is 8.20. The molecule has 35 heavy (non-hydrogen) atoms. The van der Waals surface area contributed by atoms with Crippen LogP contribution in [0.25, 0.3) is 0 Å². The fourth-order valence-electron chi connectivity index (χ4n) is 4.66. The second-order valence-electron chi connectivity index (χ2n) is 8.72. The van der Waals surface area contributed by atoms with Crippen LogP contribution in [0, 0.1) is 0 Å². The Morgan fingerprint density at radius 2 is 1.80 bits per heavy atom. The van der Waals surface area contributed by atoms with Crippen LogP contribution in [0.1, 0.15) is 30.0 Å². The van der Waals surface area contributed by atoms with Crippen molar-refractivity contribution in [3.05, 3.63) is 75.4 Å². The van der Waals surface area contributed by atoms with Crippen LogP contribution < -0.4 is 9.62 Å². The van der Waals surface area contributed by atoms with Gasteiger partial charge in [0.15, 0.2) is 11.0 Å². The number of anilines is 2.